The highest BCUT2D eigenvalue weighted by Crippen LogP contribution is 2.36. The van der Waals surface area contributed by atoms with Gasteiger partial charge in [0.25, 0.3) is 0 Å². The number of hydrogen-bond donors (Lipinski definition) is 0. The van der Waals surface area contributed by atoms with E-state index in [9.17, 15) is 0 Å². The van der Waals surface area contributed by atoms with E-state index < -0.39 is 0 Å². The molecule has 0 amide bonds. The number of halogens is 1. The summed E-state index contributed by atoms with van der Waals surface area (Å²) in [5, 5.41) is 0. The van der Waals surface area contributed by atoms with Gasteiger partial charge in [0.1, 0.15) is 12.1 Å². The fourth-order valence-electron chi connectivity index (χ4n) is 3.23. The highest BCUT2D eigenvalue weighted by molar-refractivity contribution is 9.10. The SMILES string of the molecule is COc1cc(N(C2CC2)C2CCN(c3ncc(Br)cn3)C2)ncn1. The number of anilines is 2. The van der Waals surface area contributed by atoms with Crippen LogP contribution in [0.4, 0.5) is 11.8 Å². The Bertz CT molecular complexity index is 708. The van der Waals surface area contributed by atoms with Crippen molar-refractivity contribution in [2.45, 2.75) is 31.3 Å². The van der Waals surface area contributed by atoms with Crippen LogP contribution in [0.25, 0.3) is 0 Å². The van der Waals surface area contributed by atoms with Gasteiger partial charge in [0.2, 0.25) is 11.8 Å². The molecule has 1 saturated heterocycles. The van der Waals surface area contributed by atoms with E-state index in [1.54, 1.807) is 25.8 Å². The molecule has 0 spiro atoms. The van der Waals surface area contributed by atoms with Crippen LogP contribution in [0.3, 0.4) is 0 Å². The molecule has 2 aromatic heterocycles. The molecule has 2 aliphatic rings. The van der Waals surface area contributed by atoms with Crippen LogP contribution in [0.2, 0.25) is 0 Å². The van der Waals surface area contributed by atoms with Crippen molar-refractivity contribution in [2.24, 2.45) is 0 Å². The predicted molar refractivity (Wildman–Crippen MR) is 94.4 cm³/mol. The minimum Gasteiger partial charge on any atom is -0.481 e. The molecule has 1 aliphatic heterocycles. The maximum Gasteiger partial charge on any atom is 0.225 e. The summed E-state index contributed by atoms with van der Waals surface area (Å²) >= 11 is 3.38. The summed E-state index contributed by atoms with van der Waals surface area (Å²) in [5.41, 5.74) is 0. The van der Waals surface area contributed by atoms with Crippen molar-refractivity contribution in [3.63, 3.8) is 0 Å². The van der Waals surface area contributed by atoms with Gasteiger partial charge in [-0.05, 0) is 35.2 Å². The van der Waals surface area contributed by atoms with E-state index in [2.05, 4.69) is 45.7 Å². The fourth-order valence-corrected chi connectivity index (χ4v) is 3.43. The standard InChI is InChI=1S/C16H19BrN6O/c1-24-15-6-14(20-10-21-15)23(12-2-3-12)13-4-5-22(9-13)16-18-7-11(17)8-19-16/h6-8,10,12-13H,2-5,9H2,1H3. The van der Waals surface area contributed by atoms with Crippen LogP contribution in [0.15, 0.2) is 29.3 Å². The quantitative estimate of drug-likeness (QED) is 0.775. The van der Waals surface area contributed by atoms with Gasteiger partial charge in [0.15, 0.2) is 0 Å². The molecule has 0 aromatic carbocycles. The van der Waals surface area contributed by atoms with Crippen molar-refractivity contribution in [1.29, 1.82) is 0 Å². The number of hydrogen-bond acceptors (Lipinski definition) is 7. The second kappa shape index (κ2) is 6.51. The third kappa shape index (κ3) is 3.15. The van der Waals surface area contributed by atoms with Gasteiger partial charge in [-0.2, -0.15) is 0 Å². The monoisotopic (exact) mass is 390 g/mol. The van der Waals surface area contributed by atoms with Gasteiger partial charge in [0.05, 0.1) is 11.6 Å². The molecule has 7 nitrogen and oxygen atoms in total. The van der Waals surface area contributed by atoms with E-state index in [-0.39, 0.29) is 0 Å². The summed E-state index contributed by atoms with van der Waals surface area (Å²) in [6.07, 6.45) is 8.68. The van der Waals surface area contributed by atoms with Crippen LogP contribution in [-0.2, 0) is 0 Å². The number of methoxy groups -OCH3 is 1. The van der Waals surface area contributed by atoms with Crippen molar-refractivity contribution in [3.8, 4) is 5.88 Å². The van der Waals surface area contributed by atoms with Crippen LogP contribution in [-0.4, -0.2) is 52.2 Å². The van der Waals surface area contributed by atoms with Crippen molar-refractivity contribution in [3.05, 3.63) is 29.3 Å². The highest BCUT2D eigenvalue weighted by Gasteiger charge is 2.38. The first kappa shape index (κ1) is 15.6. The van der Waals surface area contributed by atoms with Crippen molar-refractivity contribution < 1.29 is 4.74 Å². The Hall–Kier alpha value is -1.96. The maximum atomic E-state index is 5.26. The summed E-state index contributed by atoms with van der Waals surface area (Å²) in [4.78, 5) is 22.1. The highest BCUT2D eigenvalue weighted by atomic mass is 79.9. The molecule has 1 atom stereocenters. The summed E-state index contributed by atoms with van der Waals surface area (Å²) in [6.45, 7) is 1.86. The van der Waals surface area contributed by atoms with Gasteiger partial charge in [0, 0.05) is 43.6 Å². The van der Waals surface area contributed by atoms with Crippen LogP contribution in [0.1, 0.15) is 19.3 Å². The molecule has 4 rings (SSSR count). The van der Waals surface area contributed by atoms with Crippen LogP contribution in [0.5, 0.6) is 5.88 Å². The van der Waals surface area contributed by atoms with Crippen LogP contribution in [0, 0.1) is 0 Å². The molecular weight excluding hydrogens is 372 g/mol. The number of rotatable bonds is 5. The summed E-state index contributed by atoms with van der Waals surface area (Å²) in [5.74, 6) is 2.35. The molecule has 0 bridgehead atoms. The van der Waals surface area contributed by atoms with Gasteiger partial charge in [-0.1, -0.05) is 0 Å². The number of nitrogens with zero attached hydrogens (tertiary/aromatic N) is 6. The smallest absolute Gasteiger partial charge is 0.225 e. The third-order valence-corrected chi connectivity index (χ3v) is 4.90. The zero-order valence-corrected chi connectivity index (χ0v) is 15.1. The second-order valence-corrected chi connectivity index (χ2v) is 7.06. The molecule has 1 saturated carbocycles. The first-order chi connectivity index (χ1) is 11.7. The lowest BCUT2D eigenvalue weighted by Gasteiger charge is -2.30. The first-order valence-electron chi connectivity index (χ1n) is 8.11. The molecule has 3 heterocycles. The Morgan fingerprint density at radius 2 is 1.92 bits per heavy atom. The average molecular weight is 391 g/mol. The third-order valence-electron chi connectivity index (χ3n) is 4.49. The zero-order valence-electron chi connectivity index (χ0n) is 13.5. The maximum absolute atomic E-state index is 5.26. The van der Waals surface area contributed by atoms with Crippen molar-refractivity contribution in [1.82, 2.24) is 19.9 Å². The van der Waals surface area contributed by atoms with E-state index in [4.69, 9.17) is 4.74 Å². The Labute approximate surface area is 149 Å². The molecule has 24 heavy (non-hydrogen) atoms. The lowest BCUT2D eigenvalue weighted by Crippen LogP contribution is -2.40. The van der Waals surface area contributed by atoms with Gasteiger partial charge < -0.3 is 14.5 Å². The summed E-state index contributed by atoms with van der Waals surface area (Å²) < 4.78 is 6.15. The lowest BCUT2D eigenvalue weighted by molar-refractivity contribution is 0.396. The minimum atomic E-state index is 0.407. The Morgan fingerprint density at radius 3 is 2.62 bits per heavy atom. The first-order valence-corrected chi connectivity index (χ1v) is 8.91. The van der Waals surface area contributed by atoms with E-state index >= 15 is 0 Å². The van der Waals surface area contributed by atoms with Gasteiger partial charge in [-0.25, -0.2) is 19.9 Å². The molecular formula is C16H19BrN6O. The number of aromatic nitrogens is 4. The minimum absolute atomic E-state index is 0.407. The largest absolute Gasteiger partial charge is 0.481 e. The van der Waals surface area contributed by atoms with Crippen LogP contribution < -0.4 is 14.5 Å². The van der Waals surface area contributed by atoms with E-state index in [0.717, 1.165) is 35.7 Å². The van der Waals surface area contributed by atoms with Gasteiger partial charge in [-0.3, -0.25) is 0 Å². The molecule has 2 aromatic rings. The molecule has 8 heteroatoms. The number of ether oxygens (including phenoxy) is 1. The topological polar surface area (TPSA) is 67.3 Å². The van der Waals surface area contributed by atoms with E-state index in [0.29, 0.717) is 18.0 Å². The zero-order chi connectivity index (χ0) is 16.5. The molecule has 0 N–H and O–H groups in total. The van der Waals surface area contributed by atoms with Crippen molar-refractivity contribution >= 4 is 27.7 Å². The lowest BCUT2D eigenvalue weighted by atomic mass is 10.2. The fraction of sp³-hybridized carbons (Fsp3) is 0.500. The predicted octanol–water partition coefficient (Wildman–Crippen LogP) is 2.29. The normalized spacial score (nSPS) is 20.2. The average Bonchev–Trinajstić information content (AvgIpc) is 3.33. The summed E-state index contributed by atoms with van der Waals surface area (Å²) in [7, 11) is 1.63. The van der Waals surface area contributed by atoms with Gasteiger partial charge >= 0.3 is 0 Å². The molecule has 1 aliphatic carbocycles. The van der Waals surface area contributed by atoms with Gasteiger partial charge in [-0.15, -0.1) is 0 Å². The second-order valence-electron chi connectivity index (χ2n) is 6.15. The van der Waals surface area contributed by atoms with Crippen LogP contribution >= 0.6 is 15.9 Å². The Kier molecular flexibility index (Phi) is 4.22. The Balaban J connectivity index is 1.53. The van der Waals surface area contributed by atoms with E-state index in [1.165, 1.54) is 12.8 Å². The molecule has 2 fully saturated rings. The molecule has 0 radical (unpaired) electrons. The van der Waals surface area contributed by atoms with Crippen molar-refractivity contribution in [2.75, 3.05) is 30.0 Å². The van der Waals surface area contributed by atoms with E-state index in [1.807, 2.05) is 6.07 Å². The Morgan fingerprint density at radius 1 is 1.12 bits per heavy atom. The molecule has 1 unspecified atom stereocenters. The molecule has 126 valence electrons. The summed E-state index contributed by atoms with van der Waals surface area (Å²) in [6, 6.07) is 2.90.